The highest BCUT2D eigenvalue weighted by Crippen LogP contribution is 2.26. The van der Waals surface area contributed by atoms with E-state index in [1.54, 1.807) is 4.90 Å². The van der Waals surface area contributed by atoms with Crippen LogP contribution in [0.2, 0.25) is 0 Å². The number of carboxylic acids is 1. The SMILES string of the molecule is CC(=O)N(CC(=O)O)CC1CN(C(=O)c2cc3ccccc3s2)CCO1. The smallest absolute Gasteiger partial charge is 0.323 e. The summed E-state index contributed by atoms with van der Waals surface area (Å²) in [5, 5.41) is 9.96. The molecule has 1 aliphatic rings. The third-order valence-corrected chi connectivity index (χ3v) is 5.36. The number of hydrogen-bond donors (Lipinski definition) is 1. The van der Waals surface area contributed by atoms with Crippen LogP contribution < -0.4 is 0 Å². The lowest BCUT2D eigenvalue weighted by Crippen LogP contribution is -2.51. The van der Waals surface area contributed by atoms with Crippen LogP contribution in [0, 0.1) is 0 Å². The topological polar surface area (TPSA) is 87.2 Å². The van der Waals surface area contributed by atoms with Crippen molar-refractivity contribution in [2.75, 3.05) is 32.8 Å². The van der Waals surface area contributed by atoms with Gasteiger partial charge in [0, 0.05) is 31.3 Å². The van der Waals surface area contributed by atoms with Crippen LogP contribution >= 0.6 is 11.3 Å². The van der Waals surface area contributed by atoms with Crippen LogP contribution in [0.5, 0.6) is 0 Å². The minimum Gasteiger partial charge on any atom is -0.480 e. The third kappa shape index (κ3) is 4.20. The number of morpholine rings is 1. The maximum Gasteiger partial charge on any atom is 0.323 e. The van der Waals surface area contributed by atoms with Gasteiger partial charge in [-0.2, -0.15) is 0 Å². The third-order valence-electron chi connectivity index (χ3n) is 4.26. The number of carbonyl (C=O) groups excluding carboxylic acids is 2. The van der Waals surface area contributed by atoms with Crippen molar-refractivity contribution in [2.45, 2.75) is 13.0 Å². The lowest BCUT2D eigenvalue weighted by Gasteiger charge is -2.35. The Balaban J connectivity index is 1.68. The minimum absolute atomic E-state index is 0.0629. The van der Waals surface area contributed by atoms with E-state index < -0.39 is 12.1 Å². The molecule has 1 fully saturated rings. The zero-order valence-corrected chi connectivity index (χ0v) is 15.2. The molecule has 0 spiro atoms. The number of nitrogens with zero attached hydrogens (tertiary/aromatic N) is 2. The number of aliphatic carboxylic acids is 1. The Labute approximate surface area is 154 Å². The molecule has 2 amide bonds. The summed E-state index contributed by atoms with van der Waals surface area (Å²) < 4.78 is 6.70. The predicted molar refractivity (Wildman–Crippen MR) is 97.4 cm³/mol. The van der Waals surface area contributed by atoms with Gasteiger partial charge < -0.3 is 19.6 Å². The van der Waals surface area contributed by atoms with E-state index in [-0.39, 0.29) is 24.9 Å². The second-order valence-corrected chi connectivity index (χ2v) is 7.27. The molecule has 0 saturated carbocycles. The Hall–Kier alpha value is -2.45. The maximum absolute atomic E-state index is 12.8. The molecule has 1 aliphatic heterocycles. The molecule has 0 radical (unpaired) electrons. The summed E-state index contributed by atoms with van der Waals surface area (Å²) in [4.78, 5) is 38.9. The first-order chi connectivity index (χ1) is 12.4. The van der Waals surface area contributed by atoms with Crippen LogP contribution in [-0.2, 0) is 14.3 Å². The van der Waals surface area contributed by atoms with Crippen LogP contribution in [-0.4, -0.2) is 71.6 Å². The molecule has 1 aromatic heterocycles. The molecule has 1 aromatic carbocycles. The van der Waals surface area contributed by atoms with Gasteiger partial charge in [-0.15, -0.1) is 11.3 Å². The van der Waals surface area contributed by atoms with Gasteiger partial charge in [-0.3, -0.25) is 14.4 Å². The molecular weight excluding hydrogens is 356 g/mol. The molecule has 1 saturated heterocycles. The van der Waals surface area contributed by atoms with E-state index in [4.69, 9.17) is 9.84 Å². The van der Waals surface area contributed by atoms with E-state index in [0.717, 1.165) is 10.1 Å². The van der Waals surface area contributed by atoms with Gasteiger partial charge in [0.2, 0.25) is 5.91 Å². The first-order valence-corrected chi connectivity index (χ1v) is 9.12. The van der Waals surface area contributed by atoms with Gasteiger partial charge in [-0.25, -0.2) is 0 Å². The molecule has 2 heterocycles. The van der Waals surface area contributed by atoms with Crippen LogP contribution in [0.3, 0.4) is 0 Å². The number of carbonyl (C=O) groups is 3. The number of ether oxygens (including phenoxy) is 1. The fourth-order valence-corrected chi connectivity index (χ4v) is 4.00. The quantitative estimate of drug-likeness (QED) is 0.858. The van der Waals surface area contributed by atoms with Crippen LogP contribution in [0.1, 0.15) is 16.6 Å². The minimum atomic E-state index is -1.07. The largest absolute Gasteiger partial charge is 0.480 e. The fraction of sp³-hybridized carbons (Fsp3) is 0.389. The first-order valence-electron chi connectivity index (χ1n) is 8.31. The molecule has 138 valence electrons. The molecule has 1 N–H and O–H groups in total. The summed E-state index contributed by atoms with van der Waals surface area (Å²) in [6, 6.07) is 9.72. The number of rotatable bonds is 5. The molecule has 1 atom stereocenters. The van der Waals surface area contributed by atoms with Crippen molar-refractivity contribution in [3.8, 4) is 0 Å². The number of benzene rings is 1. The molecule has 1 unspecified atom stereocenters. The number of thiophene rings is 1. The fourth-order valence-electron chi connectivity index (χ4n) is 2.97. The van der Waals surface area contributed by atoms with Gasteiger partial charge in [0.15, 0.2) is 0 Å². The Morgan fingerprint density at radius 1 is 1.35 bits per heavy atom. The number of hydrogen-bond acceptors (Lipinski definition) is 5. The van der Waals surface area contributed by atoms with E-state index in [9.17, 15) is 14.4 Å². The van der Waals surface area contributed by atoms with E-state index in [2.05, 4.69) is 0 Å². The molecule has 2 aromatic rings. The average Bonchev–Trinajstić information content (AvgIpc) is 3.04. The number of amides is 2. The van der Waals surface area contributed by atoms with Crippen LogP contribution in [0.4, 0.5) is 0 Å². The van der Waals surface area contributed by atoms with Gasteiger partial charge in [0.05, 0.1) is 17.6 Å². The number of carboxylic acid groups (broad SMARTS) is 1. The Kier molecular flexibility index (Phi) is 5.53. The molecule has 7 nitrogen and oxygen atoms in total. The summed E-state index contributed by atoms with van der Waals surface area (Å²) >= 11 is 1.45. The second-order valence-electron chi connectivity index (χ2n) is 6.19. The van der Waals surface area contributed by atoms with Gasteiger partial charge in [-0.1, -0.05) is 18.2 Å². The average molecular weight is 376 g/mol. The predicted octanol–water partition coefficient (Wildman–Crippen LogP) is 1.68. The highest BCUT2D eigenvalue weighted by Gasteiger charge is 2.28. The standard InChI is InChI=1S/C18H20N2O5S/c1-12(21)20(11-17(22)23)10-14-9-19(6-7-25-14)18(24)16-8-13-4-2-3-5-15(13)26-16/h2-5,8,14H,6-7,9-11H2,1H3,(H,22,23). The van der Waals surface area contributed by atoms with Gasteiger partial charge in [-0.05, 0) is 17.5 Å². The monoisotopic (exact) mass is 376 g/mol. The highest BCUT2D eigenvalue weighted by atomic mass is 32.1. The van der Waals surface area contributed by atoms with Gasteiger partial charge >= 0.3 is 5.97 Å². The van der Waals surface area contributed by atoms with E-state index >= 15 is 0 Å². The first kappa shape index (κ1) is 18.3. The van der Waals surface area contributed by atoms with Gasteiger partial charge in [0.1, 0.15) is 6.54 Å². The van der Waals surface area contributed by atoms with Crippen LogP contribution in [0.25, 0.3) is 10.1 Å². The summed E-state index contributed by atoms with van der Waals surface area (Å²) in [5.74, 6) is -1.47. The van der Waals surface area contributed by atoms with Crippen molar-refractivity contribution >= 4 is 39.2 Å². The van der Waals surface area contributed by atoms with Gasteiger partial charge in [0.25, 0.3) is 5.91 Å². The Morgan fingerprint density at radius 2 is 2.12 bits per heavy atom. The molecule has 8 heteroatoms. The van der Waals surface area contributed by atoms with Crippen molar-refractivity contribution in [1.82, 2.24) is 9.80 Å². The van der Waals surface area contributed by atoms with E-state index in [1.807, 2.05) is 30.3 Å². The lowest BCUT2D eigenvalue weighted by atomic mass is 10.2. The Bertz CT molecular complexity index is 801. The summed E-state index contributed by atoms with van der Waals surface area (Å²) in [7, 11) is 0. The zero-order valence-electron chi connectivity index (χ0n) is 14.4. The van der Waals surface area contributed by atoms with E-state index in [1.165, 1.54) is 23.2 Å². The van der Waals surface area contributed by atoms with Crippen LogP contribution in [0.15, 0.2) is 30.3 Å². The van der Waals surface area contributed by atoms with Crippen molar-refractivity contribution in [3.63, 3.8) is 0 Å². The molecular formula is C18H20N2O5S. The summed E-state index contributed by atoms with van der Waals surface area (Å²) in [6.45, 7) is 2.27. The van der Waals surface area contributed by atoms with Crippen molar-refractivity contribution in [3.05, 3.63) is 35.2 Å². The Morgan fingerprint density at radius 3 is 2.81 bits per heavy atom. The highest BCUT2D eigenvalue weighted by molar-refractivity contribution is 7.20. The maximum atomic E-state index is 12.8. The lowest BCUT2D eigenvalue weighted by molar-refractivity contribution is -0.145. The summed E-state index contributed by atoms with van der Waals surface area (Å²) in [6.07, 6.45) is -0.398. The molecule has 0 aliphatic carbocycles. The van der Waals surface area contributed by atoms with Crippen molar-refractivity contribution in [1.29, 1.82) is 0 Å². The van der Waals surface area contributed by atoms with E-state index in [0.29, 0.717) is 24.6 Å². The summed E-state index contributed by atoms with van der Waals surface area (Å²) in [5.41, 5.74) is 0. The van der Waals surface area contributed by atoms with Crippen molar-refractivity contribution < 1.29 is 24.2 Å². The molecule has 3 rings (SSSR count). The zero-order chi connectivity index (χ0) is 18.7. The second kappa shape index (κ2) is 7.84. The van der Waals surface area contributed by atoms with Crippen molar-refractivity contribution in [2.24, 2.45) is 0 Å². The number of fused-ring (bicyclic) bond motifs is 1. The molecule has 0 bridgehead atoms. The normalized spacial score (nSPS) is 17.3. The molecule has 26 heavy (non-hydrogen) atoms.